The molecule has 0 atom stereocenters. The zero-order valence-corrected chi connectivity index (χ0v) is 14.6. The molecule has 3 aromatic rings. The van der Waals surface area contributed by atoms with E-state index in [-0.39, 0.29) is 12.2 Å². The van der Waals surface area contributed by atoms with Crippen LogP contribution in [0, 0.1) is 6.92 Å². The number of hydrogen-bond acceptors (Lipinski definition) is 1. The van der Waals surface area contributed by atoms with Gasteiger partial charge in [0.1, 0.15) is 0 Å². The van der Waals surface area contributed by atoms with Gasteiger partial charge in [0.25, 0.3) is 5.56 Å². The minimum Gasteiger partial charge on any atom is -0.304 e. The SMILES string of the molecule is Cc1cc(Cl)ccc1Cn1c(-c2ccccc2)cc(C(F)(F)F)cc1=O. The Balaban J connectivity index is 2.19. The molecule has 0 unspecified atom stereocenters. The van der Waals surface area contributed by atoms with Gasteiger partial charge in [-0.1, -0.05) is 48.0 Å². The second-order valence-corrected chi connectivity index (χ2v) is 6.42. The monoisotopic (exact) mass is 377 g/mol. The largest absolute Gasteiger partial charge is 0.416 e. The van der Waals surface area contributed by atoms with E-state index in [1.807, 2.05) is 6.92 Å². The maximum absolute atomic E-state index is 13.2. The number of benzene rings is 2. The van der Waals surface area contributed by atoms with Gasteiger partial charge in [0, 0.05) is 11.1 Å². The summed E-state index contributed by atoms with van der Waals surface area (Å²) in [7, 11) is 0. The lowest BCUT2D eigenvalue weighted by atomic mass is 10.1. The molecule has 1 heterocycles. The van der Waals surface area contributed by atoms with Gasteiger partial charge in [-0.05, 0) is 41.8 Å². The van der Waals surface area contributed by atoms with Crippen molar-refractivity contribution in [1.82, 2.24) is 4.57 Å². The molecule has 3 rings (SSSR count). The second-order valence-electron chi connectivity index (χ2n) is 5.99. The number of halogens is 4. The summed E-state index contributed by atoms with van der Waals surface area (Å²) in [6.45, 7) is 2.00. The standard InChI is InChI=1S/C20H15ClF3NO/c1-13-9-17(21)8-7-15(13)12-25-18(14-5-3-2-4-6-14)10-16(11-19(25)26)20(22,23)24/h2-11H,12H2,1H3. The quantitative estimate of drug-likeness (QED) is 0.587. The topological polar surface area (TPSA) is 22.0 Å². The van der Waals surface area contributed by atoms with Crippen LogP contribution in [0.25, 0.3) is 11.3 Å². The maximum atomic E-state index is 13.2. The van der Waals surface area contributed by atoms with Gasteiger partial charge < -0.3 is 4.57 Å². The lowest BCUT2D eigenvalue weighted by Crippen LogP contribution is -2.24. The molecule has 134 valence electrons. The van der Waals surface area contributed by atoms with E-state index in [2.05, 4.69) is 0 Å². The normalized spacial score (nSPS) is 11.6. The third kappa shape index (κ3) is 3.83. The van der Waals surface area contributed by atoms with E-state index in [9.17, 15) is 18.0 Å². The summed E-state index contributed by atoms with van der Waals surface area (Å²) < 4.78 is 40.9. The zero-order valence-electron chi connectivity index (χ0n) is 13.8. The minimum atomic E-state index is -4.59. The van der Waals surface area contributed by atoms with Gasteiger partial charge >= 0.3 is 6.18 Å². The predicted octanol–water partition coefficient (Wildman–Crippen LogP) is 5.54. The van der Waals surface area contributed by atoms with E-state index in [0.717, 1.165) is 17.2 Å². The summed E-state index contributed by atoms with van der Waals surface area (Å²) in [6, 6.07) is 15.4. The lowest BCUT2D eigenvalue weighted by molar-refractivity contribution is -0.137. The van der Waals surface area contributed by atoms with E-state index in [1.54, 1.807) is 48.5 Å². The Morgan fingerprint density at radius 3 is 2.31 bits per heavy atom. The lowest BCUT2D eigenvalue weighted by Gasteiger charge is -2.17. The van der Waals surface area contributed by atoms with Crippen molar-refractivity contribution in [3.63, 3.8) is 0 Å². The molecule has 2 aromatic carbocycles. The first-order valence-electron chi connectivity index (χ1n) is 7.88. The molecular formula is C20H15ClF3NO. The molecule has 0 N–H and O–H groups in total. The van der Waals surface area contributed by atoms with E-state index in [1.165, 1.54) is 4.57 Å². The number of pyridine rings is 1. The molecule has 26 heavy (non-hydrogen) atoms. The van der Waals surface area contributed by atoms with Crippen LogP contribution in [0.2, 0.25) is 5.02 Å². The highest BCUT2D eigenvalue weighted by atomic mass is 35.5. The summed E-state index contributed by atoms with van der Waals surface area (Å²) in [5, 5.41) is 0.564. The maximum Gasteiger partial charge on any atom is 0.416 e. The summed E-state index contributed by atoms with van der Waals surface area (Å²) in [5.74, 6) is 0. The number of aryl methyl sites for hydroxylation is 1. The molecule has 1 aromatic heterocycles. The molecule has 0 spiro atoms. The van der Waals surface area contributed by atoms with Crippen molar-refractivity contribution >= 4 is 11.6 Å². The van der Waals surface area contributed by atoms with Crippen molar-refractivity contribution < 1.29 is 13.2 Å². The van der Waals surface area contributed by atoms with E-state index >= 15 is 0 Å². The Kier molecular flexibility index (Phi) is 4.92. The van der Waals surface area contributed by atoms with Crippen molar-refractivity contribution in [1.29, 1.82) is 0 Å². The minimum absolute atomic E-state index is 0.157. The van der Waals surface area contributed by atoms with Gasteiger partial charge in [0.05, 0.1) is 17.8 Å². The summed E-state index contributed by atoms with van der Waals surface area (Å²) in [4.78, 5) is 12.5. The van der Waals surface area contributed by atoms with Crippen LogP contribution in [0.5, 0.6) is 0 Å². The molecule has 0 fully saturated rings. The second kappa shape index (κ2) is 7.00. The fraction of sp³-hybridized carbons (Fsp3) is 0.150. The molecule has 6 heteroatoms. The molecule has 0 saturated carbocycles. The van der Waals surface area contributed by atoms with Crippen LogP contribution in [-0.4, -0.2) is 4.57 Å². The van der Waals surface area contributed by atoms with Gasteiger partial charge in [0.2, 0.25) is 0 Å². The van der Waals surface area contributed by atoms with Crippen molar-refractivity contribution in [2.45, 2.75) is 19.6 Å². The van der Waals surface area contributed by atoms with E-state index < -0.39 is 17.3 Å². The number of nitrogens with zero attached hydrogens (tertiary/aromatic N) is 1. The van der Waals surface area contributed by atoms with Crippen molar-refractivity contribution in [2.24, 2.45) is 0 Å². The zero-order chi connectivity index (χ0) is 18.9. The van der Waals surface area contributed by atoms with Crippen LogP contribution >= 0.6 is 11.6 Å². The molecule has 2 nitrogen and oxygen atoms in total. The van der Waals surface area contributed by atoms with Crippen LogP contribution in [0.1, 0.15) is 16.7 Å². The van der Waals surface area contributed by atoms with E-state index in [0.29, 0.717) is 16.7 Å². The predicted molar refractivity (Wildman–Crippen MR) is 96.4 cm³/mol. The molecule has 0 amide bonds. The molecule has 0 aliphatic heterocycles. The summed E-state index contributed by atoms with van der Waals surface area (Å²) in [6.07, 6.45) is -4.59. The fourth-order valence-corrected chi connectivity index (χ4v) is 3.01. The van der Waals surface area contributed by atoms with Gasteiger partial charge in [-0.3, -0.25) is 4.79 Å². The van der Waals surface area contributed by atoms with Gasteiger partial charge in [-0.25, -0.2) is 0 Å². The summed E-state index contributed by atoms with van der Waals surface area (Å²) in [5.41, 5.74) is 0.789. The Morgan fingerprint density at radius 1 is 1.00 bits per heavy atom. The molecule has 0 saturated heterocycles. The molecular weight excluding hydrogens is 363 g/mol. The molecule has 0 radical (unpaired) electrons. The Labute approximate surface area is 153 Å². The Morgan fingerprint density at radius 2 is 1.69 bits per heavy atom. The van der Waals surface area contributed by atoms with Crippen molar-refractivity contribution in [3.05, 3.63) is 92.7 Å². The Hall–Kier alpha value is -2.53. The van der Waals surface area contributed by atoms with E-state index in [4.69, 9.17) is 11.6 Å². The average molecular weight is 378 g/mol. The van der Waals surface area contributed by atoms with Gasteiger partial charge in [-0.15, -0.1) is 0 Å². The number of alkyl halides is 3. The van der Waals surface area contributed by atoms with Crippen LogP contribution in [0.4, 0.5) is 13.2 Å². The smallest absolute Gasteiger partial charge is 0.304 e. The summed E-state index contributed by atoms with van der Waals surface area (Å²) >= 11 is 5.96. The molecule has 0 bridgehead atoms. The molecule has 0 aliphatic rings. The van der Waals surface area contributed by atoms with Crippen molar-refractivity contribution in [2.75, 3.05) is 0 Å². The van der Waals surface area contributed by atoms with Crippen molar-refractivity contribution in [3.8, 4) is 11.3 Å². The van der Waals surface area contributed by atoms with Crippen LogP contribution in [0.15, 0.2) is 65.5 Å². The highest BCUT2D eigenvalue weighted by molar-refractivity contribution is 6.30. The highest BCUT2D eigenvalue weighted by Crippen LogP contribution is 2.31. The first kappa shape index (κ1) is 18.3. The van der Waals surface area contributed by atoms with Crippen LogP contribution in [-0.2, 0) is 12.7 Å². The first-order chi connectivity index (χ1) is 12.3. The van der Waals surface area contributed by atoms with Gasteiger partial charge in [0.15, 0.2) is 0 Å². The van der Waals surface area contributed by atoms with Gasteiger partial charge in [-0.2, -0.15) is 13.2 Å². The Bertz CT molecular complexity index is 994. The van der Waals surface area contributed by atoms with Crippen LogP contribution in [0.3, 0.4) is 0 Å². The number of aromatic nitrogens is 1. The third-order valence-electron chi connectivity index (χ3n) is 4.16. The fourth-order valence-electron chi connectivity index (χ4n) is 2.78. The first-order valence-corrected chi connectivity index (χ1v) is 8.26. The number of rotatable bonds is 3. The third-order valence-corrected chi connectivity index (χ3v) is 4.39. The molecule has 0 aliphatic carbocycles. The van der Waals surface area contributed by atoms with Crippen LogP contribution < -0.4 is 5.56 Å². The number of hydrogen-bond donors (Lipinski definition) is 0. The average Bonchev–Trinajstić information content (AvgIpc) is 2.58. The highest BCUT2D eigenvalue weighted by Gasteiger charge is 2.32.